The molecule has 0 saturated heterocycles. The molecule has 2 rings (SSSR count). The van der Waals surface area contributed by atoms with Crippen LogP contribution in [0.15, 0.2) is 42.5 Å². The number of hydrogen-bond donors (Lipinski definition) is 1. The Hall–Kier alpha value is -1.38. The van der Waals surface area contributed by atoms with Gasteiger partial charge < -0.3 is 5.11 Å². The first-order valence-corrected chi connectivity index (χ1v) is 5.66. The number of aliphatic hydroxyl groups excluding tert-OH is 1. The average Bonchev–Trinajstić information content (AvgIpc) is 2.32. The number of benzene rings is 2. The van der Waals surface area contributed by atoms with Gasteiger partial charge in [0.1, 0.15) is 11.9 Å². The molecule has 1 unspecified atom stereocenters. The Bertz CT molecular complexity index is 539. The summed E-state index contributed by atoms with van der Waals surface area (Å²) in [6.45, 7) is 1.83. The fourth-order valence-electron chi connectivity index (χ4n) is 1.77. The molecule has 0 spiro atoms. The topological polar surface area (TPSA) is 20.2 Å². The zero-order chi connectivity index (χ0) is 12.4. The van der Waals surface area contributed by atoms with Crippen molar-refractivity contribution in [1.82, 2.24) is 0 Å². The van der Waals surface area contributed by atoms with Crippen LogP contribution >= 0.6 is 11.6 Å². The van der Waals surface area contributed by atoms with Crippen molar-refractivity contribution in [3.05, 3.63) is 70.0 Å². The van der Waals surface area contributed by atoms with E-state index in [0.29, 0.717) is 16.1 Å². The molecular formula is C14H12ClFO. The highest BCUT2D eigenvalue weighted by atomic mass is 35.5. The number of aliphatic hydroxyl groups is 1. The van der Waals surface area contributed by atoms with E-state index >= 15 is 0 Å². The second kappa shape index (κ2) is 4.86. The molecule has 1 nitrogen and oxygen atoms in total. The van der Waals surface area contributed by atoms with Gasteiger partial charge in [-0.05, 0) is 36.2 Å². The van der Waals surface area contributed by atoms with Gasteiger partial charge in [0, 0.05) is 10.6 Å². The van der Waals surface area contributed by atoms with E-state index in [2.05, 4.69) is 0 Å². The molecule has 0 bridgehead atoms. The average molecular weight is 251 g/mol. The first kappa shape index (κ1) is 12.1. The van der Waals surface area contributed by atoms with Gasteiger partial charge in [-0.25, -0.2) is 4.39 Å². The summed E-state index contributed by atoms with van der Waals surface area (Å²) in [6.07, 6.45) is -0.903. The quantitative estimate of drug-likeness (QED) is 0.858. The van der Waals surface area contributed by atoms with Crippen LogP contribution in [-0.2, 0) is 0 Å². The molecule has 0 fully saturated rings. The maximum absolute atomic E-state index is 13.2. The van der Waals surface area contributed by atoms with E-state index in [-0.39, 0.29) is 5.82 Å². The first-order chi connectivity index (χ1) is 8.09. The van der Waals surface area contributed by atoms with Crippen LogP contribution in [0, 0.1) is 12.7 Å². The van der Waals surface area contributed by atoms with Crippen molar-refractivity contribution in [2.24, 2.45) is 0 Å². The second-order valence-electron chi connectivity index (χ2n) is 3.92. The first-order valence-electron chi connectivity index (χ1n) is 5.28. The zero-order valence-corrected chi connectivity index (χ0v) is 10.1. The Morgan fingerprint density at radius 2 is 1.82 bits per heavy atom. The van der Waals surface area contributed by atoms with E-state index in [1.807, 2.05) is 6.92 Å². The maximum Gasteiger partial charge on any atom is 0.123 e. The minimum absolute atomic E-state index is 0.364. The summed E-state index contributed by atoms with van der Waals surface area (Å²) in [5.74, 6) is -0.364. The van der Waals surface area contributed by atoms with Crippen LogP contribution in [0.1, 0.15) is 22.8 Å². The highest BCUT2D eigenvalue weighted by Crippen LogP contribution is 2.30. The molecule has 0 heterocycles. The summed E-state index contributed by atoms with van der Waals surface area (Å²) in [5, 5.41) is 10.7. The Kier molecular flexibility index (Phi) is 3.46. The van der Waals surface area contributed by atoms with Crippen molar-refractivity contribution >= 4 is 11.6 Å². The van der Waals surface area contributed by atoms with E-state index in [1.54, 1.807) is 30.3 Å². The molecule has 17 heavy (non-hydrogen) atoms. The van der Waals surface area contributed by atoms with Gasteiger partial charge >= 0.3 is 0 Å². The van der Waals surface area contributed by atoms with Crippen molar-refractivity contribution in [3.8, 4) is 0 Å². The fraction of sp³-hybridized carbons (Fsp3) is 0.143. The molecular weight excluding hydrogens is 239 g/mol. The molecule has 1 N–H and O–H groups in total. The monoisotopic (exact) mass is 250 g/mol. The Morgan fingerprint density at radius 3 is 2.53 bits per heavy atom. The highest BCUT2D eigenvalue weighted by molar-refractivity contribution is 6.31. The maximum atomic E-state index is 13.2. The molecule has 0 radical (unpaired) electrons. The van der Waals surface area contributed by atoms with Gasteiger partial charge in [0.05, 0.1) is 0 Å². The smallest absolute Gasteiger partial charge is 0.123 e. The number of halogens is 2. The van der Waals surface area contributed by atoms with E-state index in [4.69, 9.17) is 11.6 Å². The van der Waals surface area contributed by atoms with Gasteiger partial charge in [-0.15, -0.1) is 0 Å². The van der Waals surface area contributed by atoms with Gasteiger partial charge in [0.15, 0.2) is 0 Å². The molecule has 2 aromatic rings. The normalized spacial score (nSPS) is 12.5. The Morgan fingerprint density at radius 1 is 1.12 bits per heavy atom. The van der Waals surface area contributed by atoms with Crippen molar-refractivity contribution in [1.29, 1.82) is 0 Å². The lowest BCUT2D eigenvalue weighted by molar-refractivity contribution is 0.219. The van der Waals surface area contributed by atoms with Crippen LogP contribution in [0.3, 0.4) is 0 Å². The minimum Gasteiger partial charge on any atom is -0.384 e. The number of rotatable bonds is 2. The van der Waals surface area contributed by atoms with E-state index < -0.39 is 6.10 Å². The Labute approximate surface area is 104 Å². The summed E-state index contributed by atoms with van der Waals surface area (Å²) in [7, 11) is 0. The van der Waals surface area contributed by atoms with Crippen molar-refractivity contribution in [2.75, 3.05) is 0 Å². The zero-order valence-electron chi connectivity index (χ0n) is 9.32. The standard InChI is InChI=1S/C14H12ClFO/c1-9-6-7-10(16)8-12(9)14(17)11-4-2-3-5-13(11)15/h2-8,14,17H,1H3. The summed E-state index contributed by atoms with van der Waals surface area (Å²) >= 11 is 6.01. The summed E-state index contributed by atoms with van der Waals surface area (Å²) in [4.78, 5) is 0. The van der Waals surface area contributed by atoms with Crippen LogP contribution in [0.4, 0.5) is 4.39 Å². The lowest BCUT2D eigenvalue weighted by Gasteiger charge is -2.15. The minimum atomic E-state index is -0.903. The number of hydrogen-bond acceptors (Lipinski definition) is 1. The molecule has 2 aromatic carbocycles. The van der Waals surface area contributed by atoms with Crippen LogP contribution in [0.2, 0.25) is 5.02 Å². The Balaban J connectivity index is 2.47. The fourth-order valence-corrected chi connectivity index (χ4v) is 2.01. The van der Waals surface area contributed by atoms with E-state index in [1.165, 1.54) is 12.1 Å². The van der Waals surface area contributed by atoms with Gasteiger partial charge in [0.2, 0.25) is 0 Å². The van der Waals surface area contributed by atoms with Crippen LogP contribution in [-0.4, -0.2) is 5.11 Å². The van der Waals surface area contributed by atoms with Crippen molar-refractivity contribution in [2.45, 2.75) is 13.0 Å². The van der Waals surface area contributed by atoms with Crippen molar-refractivity contribution < 1.29 is 9.50 Å². The molecule has 0 aliphatic carbocycles. The predicted molar refractivity (Wildman–Crippen MR) is 66.7 cm³/mol. The van der Waals surface area contributed by atoms with E-state index in [0.717, 1.165) is 5.56 Å². The lowest BCUT2D eigenvalue weighted by Crippen LogP contribution is -2.03. The lowest BCUT2D eigenvalue weighted by atomic mass is 9.97. The van der Waals surface area contributed by atoms with Gasteiger partial charge in [0.25, 0.3) is 0 Å². The molecule has 0 aliphatic rings. The van der Waals surface area contributed by atoms with Gasteiger partial charge in [-0.2, -0.15) is 0 Å². The third-order valence-corrected chi connectivity index (χ3v) is 3.08. The van der Waals surface area contributed by atoms with E-state index in [9.17, 15) is 9.50 Å². The van der Waals surface area contributed by atoms with Gasteiger partial charge in [-0.1, -0.05) is 35.9 Å². The number of aryl methyl sites for hydroxylation is 1. The van der Waals surface area contributed by atoms with Crippen LogP contribution in [0.5, 0.6) is 0 Å². The largest absolute Gasteiger partial charge is 0.384 e. The molecule has 0 aromatic heterocycles. The summed E-state index contributed by atoms with van der Waals surface area (Å²) in [5.41, 5.74) is 1.96. The molecule has 0 saturated carbocycles. The van der Waals surface area contributed by atoms with Crippen LogP contribution in [0.25, 0.3) is 0 Å². The molecule has 3 heteroatoms. The summed E-state index contributed by atoms with van der Waals surface area (Å²) < 4.78 is 13.2. The second-order valence-corrected chi connectivity index (χ2v) is 4.33. The van der Waals surface area contributed by atoms with Crippen LogP contribution < -0.4 is 0 Å². The highest BCUT2D eigenvalue weighted by Gasteiger charge is 2.16. The molecule has 0 aliphatic heterocycles. The third-order valence-electron chi connectivity index (χ3n) is 2.74. The SMILES string of the molecule is Cc1ccc(F)cc1C(O)c1ccccc1Cl. The molecule has 0 amide bonds. The molecule has 1 atom stereocenters. The third kappa shape index (κ3) is 2.48. The predicted octanol–water partition coefficient (Wildman–Crippen LogP) is 3.87. The summed E-state index contributed by atoms with van der Waals surface area (Å²) in [6, 6.07) is 11.4. The molecule has 88 valence electrons. The van der Waals surface area contributed by atoms with Gasteiger partial charge in [-0.3, -0.25) is 0 Å². The van der Waals surface area contributed by atoms with Crippen molar-refractivity contribution in [3.63, 3.8) is 0 Å².